The van der Waals surface area contributed by atoms with Crippen molar-refractivity contribution in [3.05, 3.63) is 83.9 Å². The second-order valence-corrected chi connectivity index (χ2v) is 6.07. The number of nitrogens with two attached hydrogens (primary N) is 1. The van der Waals surface area contributed by atoms with E-state index in [1.807, 2.05) is 72.8 Å². The van der Waals surface area contributed by atoms with Crippen molar-refractivity contribution in [2.45, 2.75) is 18.9 Å². The third-order valence-electron chi connectivity index (χ3n) is 4.14. The van der Waals surface area contributed by atoms with Gasteiger partial charge in [-0.1, -0.05) is 72.8 Å². The van der Waals surface area contributed by atoms with E-state index in [9.17, 15) is 9.59 Å². The Balaban J connectivity index is 1.70. The minimum atomic E-state index is -0.725. The van der Waals surface area contributed by atoms with Gasteiger partial charge in [-0.25, -0.2) is 0 Å². The van der Waals surface area contributed by atoms with Crippen molar-refractivity contribution in [1.29, 1.82) is 0 Å². The summed E-state index contributed by atoms with van der Waals surface area (Å²) < 4.78 is 0. The Hall–Kier alpha value is -3.14. The molecule has 0 aliphatic heterocycles. The number of nitrogens with one attached hydrogen (secondary N) is 1. The Morgan fingerprint density at radius 2 is 1.52 bits per heavy atom. The fourth-order valence-electron chi connectivity index (χ4n) is 2.85. The molecule has 3 aromatic carbocycles. The average Bonchev–Trinajstić information content (AvgIpc) is 2.62. The zero-order chi connectivity index (χ0) is 17.6. The van der Waals surface area contributed by atoms with Gasteiger partial charge in [-0.2, -0.15) is 0 Å². The number of fused-ring (bicyclic) bond motifs is 1. The summed E-state index contributed by atoms with van der Waals surface area (Å²) in [7, 11) is 0. The number of benzene rings is 3. The maximum atomic E-state index is 12.2. The molecule has 0 unspecified atom stereocenters. The van der Waals surface area contributed by atoms with E-state index in [1.165, 1.54) is 0 Å². The molecule has 0 aromatic heterocycles. The normalized spacial score (nSPS) is 11.8. The minimum Gasteiger partial charge on any atom is -0.368 e. The van der Waals surface area contributed by atoms with Crippen molar-refractivity contribution in [1.82, 2.24) is 5.32 Å². The molecule has 0 saturated carbocycles. The molecule has 0 saturated heterocycles. The summed E-state index contributed by atoms with van der Waals surface area (Å²) in [4.78, 5) is 24.0. The van der Waals surface area contributed by atoms with Crippen molar-refractivity contribution in [2.24, 2.45) is 5.73 Å². The van der Waals surface area contributed by atoms with Gasteiger partial charge in [0.2, 0.25) is 11.8 Å². The van der Waals surface area contributed by atoms with Crippen LogP contribution in [0.3, 0.4) is 0 Å². The molecule has 2 amide bonds. The highest BCUT2D eigenvalue weighted by atomic mass is 16.2. The van der Waals surface area contributed by atoms with E-state index >= 15 is 0 Å². The third-order valence-corrected chi connectivity index (χ3v) is 4.14. The maximum Gasteiger partial charge on any atom is 0.240 e. The molecule has 1 atom stereocenters. The molecule has 0 aliphatic rings. The predicted octanol–water partition coefficient (Wildman–Crippen LogP) is 2.60. The van der Waals surface area contributed by atoms with E-state index in [1.54, 1.807) is 0 Å². The number of primary amides is 1. The number of hydrogen-bond donors (Lipinski definition) is 2. The Bertz CT molecular complexity index is 891. The molecule has 0 heterocycles. The number of hydrogen-bond acceptors (Lipinski definition) is 2. The zero-order valence-corrected chi connectivity index (χ0v) is 13.8. The van der Waals surface area contributed by atoms with Gasteiger partial charge in [-0.05, 0) is 21.9 Å². The summed E-state index contributed by atoms with van der Waals surface area (Å²) in [5, 5.41) is 4.98. The highest BCUT2D eigenvalue weighted by molar-refractivity contribution is 5.88. The van der Waals surface area contributed by atoms with Crippen LogP contribution in [0, 0.1) is 0 Å². The van der Waals surface area contributed by atoms with Crippen LogP contribution >= 0.6 is 0 Å². The van der Waals surface area contributed by atoms with E-state index in [0.29, 0.717) is 6.42 Å². The molecule has 3 N–H and O–H groups in total. The first kappa shape index (κ1) is 16.7. The largest absolute Gasteiger partial charge is 0.368 e. The number of carbonyl (C=O) groups excluding carboxylic acids is 2. The summed E-state index contributed by atoms with van der Waals surface area (Å²) in [6.45, 7) is 0. The van der Waals surface area contributed by atoms with E-state index in [4.69, 9.17) is 5.73 Å². The fraction of sp³-hybridized carbons (Fsp3) is 0.143. The van der Waals surface area contributed by atoms with Crippen LogP contribution in [0.5, 0.6) is 0 Å². The quantitative estimate of drug-likeness (QED) is 0.728. The molecule has 0 bridgehead atoms. The predicted molar refractivity (Wildman–Crippen MR) is 98.9 cm³/mol. The van der Waals surface area contributed by atoms with Gasteiger partial charge in [0.15, 0.2) is 0 Å². The van der Waals surface area contributed by atoms with Crippen LogP contribution in [0.25, 0.3) is 10.8 Å². The monoisotopic (exact) mass is 332 g/mol. The Morgan fingerprint density at radius 3 is 2.24 bits per heavy atom. The van der Waals surface area contributed by atoms with Crippen LogP contribution in [0.15, 0.2) is 72.8 Å². The zero-order valence-electron chi connectivity index (χ0n) is 13.8. The number of carbonyl (C=O) groups is 2. The highest BCUT2D eigenvalue weighted by Gasteiger charge is 2.18. The second kappa shape index (κ2) is 7.62. The van der Waals surface area contributed by atoms with Crippen molar-refractivity contribution >= 4 is 22.6 Å². The van der Waals surface area contributed by atoms with Crippen molar-refractivity contribution < 1.29 is 9.59 Å². The summed E-state index contributed by atoms with van der Waals surface area (Å²) in [6, 6.07) is 22.7. The SMILES string of the molecule is NC(=O)[C@H](Cc1ccc2ccccc2c1)NC(=O)Cc1ccccc1. The van der Waals surface area contributed by atoms with Crippen molar-refractivity contribution in [3.63, 3.8) is 0 Å². The van der Waals surface area contributed by atoms with Gasteiger partial charge >= 0.3 is 0 Å². The lowest BCUT2D eigenvalue weighted by molar-refractivity contribution is -0.127. The molecule has 3 aromatic rings. The van der Waals surface area contributed by atoms with E-state index in [0.717, 1.165) is 21.9 Å². The van der Waals surface area contributed by atoms with Gasteiger partial charge in [0.05, 0.1) is 6.42 Å². The van der Waals surface area contributed by atoms with Gasteiger partial charge in [-0.15, -0.1) is 0 Å². The molecule has 25 heavy (non-hydrogen) atoms. The molecule has 3 rings (SSSR count). The smallest absolute Gasteiger partial charge is 0.240 e. The lowest BCUT2D eigenvalue weighted by atomic mass is 10.0. The molecule has 4 nitrogen and oxygen atoms in total. The molecule has 0 aliphatic carbocycles. The second-order valence-electron chi connectivity index (χ2n) is 6.07. The van der Waals surface area contributed by atoms with Crippen LogP contribution in [0.1, 0.15) is 11.1 Å². The van der Waals surface area contributed by atoms with E-state index in [-0.39, 0.29) is 12.3 Å². The molecule has 4 heteroatoms. The van der Waals surface area contributed by atoms with Gasteiger partial charge < -0.3 is 11.1 Å². The number of rotatable bonds is 6. The Morgan fingerprint density at radius 1 is 0.840 bits per heavy atom. The Labute approximate surface area is 146 Å². The molecular weight excluding hydrogens is 312 g/mol. The minimum absolute atomic E-state index is 0.212. The average molecular weight is 332 g/mol. The van der Waals surface area contributed by atoms with Crippen LogP contribution in [0.2, 0.25) is 0 Å². The van der Waals surface area contributed by atoms with Crippen molar-refractivity contribution in [3.8, 4) is 0 Å². The molecule has 0 radical (unpaired) electrons. The van der Waals surface area contributed by atoms with Crippen molar-refractivity contribution in [2.75, 3.05) is 0 Å². The molecular formula is C21H20N2O2. The summed E-state index contributed by atoms with van der Waals surface area (Å²) in [6.07, 6.45) is 0.600. The van der Waals surface area contributed by atoms with Gasteiger partial charge in [-0.3, -0.25) is 9.59 Å². The van der Waals surface area contributed by atoms with E-state index < -0.39 is 11.9 Å². The Kier molecular flexibility index (Phi) is 5.09. The topological polar surface area (TPSA) is 72.2 Å². The van der Waals surface area contributed by atoms with Crippen LogP contribution in [-0.4, -0.2) is 17.9 Å². The highest BCUT2D eigenvalue weighted by Crippen LogP contribution is 2.16. The molecule has 126 valence electrons. The summed E-state index contributed by atoms with van der Waals surface area (Å²) >= 11 is 0. The first-order chi connectivity index (χ1) is 12.1. The van der Waals surface area contributed by atoms with Crippen LogP contribution in [-0.2, 0) is 22.4 Å². The first-order valence-electron chi connectivity index (χ1n) is 8.22. The van der Waals surface area contributed by atoms with Gasteiger partial charge in [0.1, 0.15) is 6.04 Å². The number of amides is 2. The molecule has 0 spiro atoms. The lowest BCUT2D eigenvalue weighted by Gasteiger charge is -2.16. The third kappa shape index (κ3) is 4.44. The first-order valence-corrected chi connectivity index (χ1v) is 8.22. The lowest BCUT2D eigenvalue weighted by Crippen LogP contribution is -2.46. The van der Waals surface area contributed by atoms with Crippen LogP contribution in [0.4, 0.5) is 0 Å². The van der Waals surface area contributed by atoms with E-state index in [2.05, 4.69) is 5.32 Å². The van der Waals surface area contributed by atoms with Gasteiger partial charge in [0, 0.05) is 6.42 Å². The fourth-order valence-corrected chi connectivity index (χ4v) is 2.85. The summed E-state index contributed by atoms with van der Waals surface area (Å²) in [5.74, 6) is -0.745. The maximum absolute atomic E-state index is 12.2. The van der Waals surface area contributed by atoms with Crippen LogP contribution < -0.4 is 11.1 Å². The van der Waals surface area contributed by atoms with Gasteiger partial charge in [0.25, 0.3) is 0 Å². The standard InChI is InChI=1S/C21H20N2O2/c22-21(25)19(23-20(24)14-15-6-2-1-3-7-15)13-16-10-11-17-8-4-5-9-18(17)12-16/h1-12,19H,13-14H2,(H2,22,25)(H,23,24)/t19-/m0/s1. The molecule has 0 fully saturated rings. The summed E-state index contributed by atoms with van der Waals surface area (Å²) in [5.41, 5.74) is 7.34.